The van der Waals surface area contributed by atoms with E-state index in [0.29, 0.717) is 5.75 Å². The van der Waals surface area contributed by atoms with Crippen LogP contribution in [0.4, 0.5) is 0 Å². The monoisotopic (exact) mass is 230 g/mol. The van der Waals surface area contributed by atoms with Crippen LogP contribution in [0.2, 0.25) is 0 Å². The molecule has 0 fully saturated rings. The van der Waals surface area contributed by atoms with Crippen molar-refractivity contribution in [3.63, 3.8) is 0 Å². The van der Waals surface area contributed by atoms with E-state index in [4.69, 9.17) is 4.74 Å². The molecule has 1 N–H and O–H groups in total. The number of aryl methyl sites for hydroxylation is 1. The highest BCUT2D eigenvalue weighted by Gasteiger charge is 2.17. The zero-order chi connectivity index (χ0) is 11.3. The van der Waals surface area contributed by atoms with E-state index in [-0.39, 0.29) is 0 Å². The van der Waals surface area contributed by atoms with Gasteiger partial charge in [0.1, 0.15) is 11.8 Å². The lowest BCUT2D eigenvalue weighted by Gasteiger charge is -2.12. The van der Waals surface area contributed by atoms with E-state index in [0.717, 1.165) is 23.6 Å². The Morgan fingerprint density at radius 2 is 2.40 bits per heavy atom. The van der Waals surface area contributed by atoms with Crippen LogP contribution >= 0.6 is 11.8 Å². The zero-order valence-corrected chi connectivity index (χ0v) is 10.3. The highest BCUT2D eigenvalue weighted by atomic mass is 32.2. The van der Waals surface area contributed by atoms with Crippen molar-refractivity contribution >= 4 is 11.8 Å². The van der Waals surface area contributed by atoms with Crippen molar-refractivity contribution in [3.8, 4) is 5.75 Å². The van der Waals surface area contributed by atoms with Crippen molar-refractivity contribution in [1.82, 2.24) is 9.78 Å². The molecule has 15 heavy (non-hydrogen) atoms. The number of rotatable bonds is 6. The van der Waals surface area contributed by atoms with Crippen LogP contribution in [0.1, 0.15) is 25.1 Å². The van der Waals surface area contributed by atoms with Crippen LogP contribution in [0.5, 0.6) is 5.75 Å². The number of hydrogen-bond acceptors (Lipinski definition) is 4. The molecule has 86 valence electrons. The van der Waals surface area contributed by atoms with Gasteiger partial charge in [0.05, 0.1) is 13.3 Å². The molecule has 0 saturated heterocycles. The molecular formula is C10H18N2O2S. The molecule has 0 spiro atoms. The molecule has 1 heterocycles. The Morgan fingerprint density at radius 3 is 3.00 bits per heavy atom. The highest BCUT2D eigenvalue weighted by molar-refractivity contribution is 7.99. The summed E-state index contributed by atoms with van der Waals surface area (Å²) in [7, 11) is 3.40. The van der Waals surface area contributed by atoms with E-state index in [9.17, 15) is 5.11 Å². The molecule has 4 nitrogen and oxygen atoms in total. The van der Waals surface area contributed by atoms with E-state index in [2.05, 4.69) is 12.0 Å². The number of aromatic nitrogens is 2. The first-order valence-corrected chi connectivity index (χ1v) is 6.17. The number of methoxy groups -OCH3 is 1. The standard InChI is InChI=1S/C10H18N2O2S/c1-4-15-6-5-8(13)10-9(14-3)7-11-12(10)2/h7-8,13H,4-6H2,1-3H3. The summed E-state index contributed by atoms with van der Waals surface area (Å²) in [6, 6.07) is 0. The van der Waals surface area contributed by atoms with Crippen molar-refractivity contribution in [2.45, 2.75) is 19.4 Å². The summed E-state index contributed by atoms with van der Waals surface area (Å²) in [5.74, 6) is 2.69. The Kier molecular flexibility index (Phi) is 4.98. The van der Waals surface area contributed by atoms with Gasteiger partial charge in [0.25, 0.3) is 0 Å². The van der Waals surface area contributed by atoms with Gasteiger partial charge in [0.15, 0.2) is 5.75 Å². The third-order valence-electron chi connectivity index (χ3n) is 2.22. The van der Waals surface area contributed by atoms with Gasteiger partial charge in [-0.05, 0) is 17.9 Å². The van der Waals surface area contributed by atoms with Crippen molar-refractivity contribution in [1.29, 1.82) is 0 Å². The minimum Gasteiger partial charge on any atom is -0.493 e. The summed E-state index contributed by atoms with van der Waals surface area (Å²) in [5, 5.41) is 14.0. The second-order valence-corrected chi connectivity index (χ2v) is 4.62. The first-order valence-electron chi connectivity index (χ1n) is 5.02. The van der Waals surface area contributed by atoms with Crippen LogP contribution in [-0.2, 0) is 7.05 Å². The third kappa shape index (κ3) is 3.14. The van der Waals surface area contributed by atoms with Gasteiger partial charge in [0.2, 0.25) is 0 Å². The number of hydrogen-bond donors (Lipinski definition) is 1. The average Bonchev–Trinajstić information content (AvgIpc) is 2.59. The Hall–Kier alpha value is -0.680. The normalized spacial score (nSPS) is 12.8. The summed E-state index contributed by atoms with van der Waals surface area (Å²) < 4.78 is 6.81. The van der Waals surface area contributed by atoms with Crippen LogP contribution < -0.4 is 4.74 Å². The van der Waals surface area contributed by atoms with Gasteiger partial charge in [-0.1, -0.05) is 6.92 Å². The Balaban J connectivity index is 2.63. The number of aliphatic hydroxyl groups excluding tert-OH is 1. The fourth-order valence-corrected chi connectivity index (χ4v) is 2.12. The minimum absolute atomic E-state index is 0.494. The molecule has 1 aromatic rings. The first-order chi connectivity index (χ1) is 7.20. The van der Waals surface area contributed by atoms with Gasteiger partial charge in [-0.15, -0.1) is 0 Å². The molecule has 0 bridgehead atoms. The van der Waals surface area contributed by atoms with Crippen LogP contribution in [0, 0.1) is 0 Å². The molecule has 1 aromatic heterocycles. The van der Waals surface area contributed by atoms with E-state index in [1.807, 2.05) is 18.8 Å². The van der Waals surface area contributed by atoms with Crippen molar-refractivity contribution in [2.24, 2.45) is 7.05 Å². The van der Waals surface area contributed by atoms with Gasteiger partial charge >= 0.3 is 0 Å². The van der Waals surface area contributed by atoms with Gasteiger partial charge in [-0.25, -0.2) is 0 Å². The predicted octanol–water partition coefficient (Wildman–Crippen LogP) is 1.61. The smallest absolute Gasteiger partial charge is 0.162 e. The average molecular weight is 230 g/mol. The van der Waals surface area contributed by atoms with Crippen LogP contribution in [0.25, 0.3) is 0 Å². The van der Waals surface area contributed by atoms with Crippen LogP contribution in [-0.4, -0.2) is 33.5 Å². The predicted molar refractivity (Wildman–Crippen MR) is 62.3 cm³/mol. The van der Waals surface area contributed by atoms with Crippen molar-refractivity contribution in [3.05, 3.63) is 11.9 Å². The van der Waals surface area contributed by atoms with E-state index in [1.54, 1.807) is 18.0 Å². The molecule has 1 unspecified atom stereocenters. The van der Waals surface area contributed by atoms with E-state index >= 15 is 0 Å². The fourth-order valence-electron chi connectivity index (χ4n) is 1.44. The molecular weight excluding hydrogens is 212 g/mol. The molecule has 0 aromatic carbocycles. The quantitative estimate of drug-likeness (QED) is 0.754. The number of nitrogens with zero attached hydrogens (tertiary/aromatic N) is 2. The van der Waals surface area contributed by atoms with E-state index < -0.39 is 6.10 Å². The molecule has 0 saturated carbocycles. The summed E-state index contributed by atoms with van der Waals surface area (Å²) in [5.41, 5.74) is 0.759. The fraction of sp³-hybridized carbons (Fsp3) is 0.700. The maximum atomic E-state index is 9.97. The van der Waals surface area contributed by atoms with Crippen LogP contribution in [0.3, 0.4) is 0 Å². The molecule has 5 heteroatoms. The lowest BCUT2D eigenvalue weighted by Crippen LogP contribution is -2.07. The maximum absolute atomic E-state index is 9.97. The molecule has 0 aliphatic heterocycles. The minimum atomic E-state index is -0.494. The van der Waals surface area contributed by atoms with Gasteiger partial charge in [-0.3, -0.25) is 4.68 Å². The van der Waals surface area contributed by atoms with Crippen molar-refractivity contribution < 1.29 is 9.84 Å². The second kappa shape index (κ2) is 6.02. The molecule has 1 atom stereocenters. The van der Waals surface area contributed by atoms with Gasteiger partial charge < -0.3 is 9.84 Å². The SMILES string of the molecule is CCSCCC(O)c1c(OC)cnn1C. The summed E-state index contributed by atoms with van der Waals surface area (Å²) in [6.07, 6.45) is 1.87. The molecule has 0 radical (unpaired) electrons. The first kappa shape index (κ1) is 12.4. The van der Waals surface area contributed by atoms with Gasteiger partial charge in [0, 0.05) is 7.05 Å². The van der Waals surface area contributed by atoms with Gasteiger partial charge in [-0.2, -0.15) is 16.9 Å². The van der Waals surface area contributed by atoms with Crippen LogP contribution in [0.15, 0.2) is 6.20 Å². The largest absolute Gasteiger partial charge is 0.493 e. The van der Waals surface area contributed by atoms with Crippen molar-refractivity contribution in [2.75, 3.05) is 18.6 Å². The Labute approximate surface area is 94.6 Å². The molecule has 0 aliphatic carbocycles. The third-order valence-corrected chi connectivity index (χ3v) is 3.16. The maximum Gasteiger partial charge on any atom is 0.162 e. The zero-order valence-electron chi connectivity index (χ0n) is 9.43. The molecule has 0 amide bonds. The summed E-state index contributed by atoms with van der Waals surface area (Å²) in [6.45, 7) is 2.11. The number of aliphatic hydroxyl groups is 1. The summed E-state index contributed by atoms with van der Waals surface area (Å²) in [4.78, 5) is 0. The Bertz CT molecular complexity index is 302. The lowest BCUT2D eigenvalue weighted by molar-refractivity contribution is 0.161. The highest BCUT2D eigenvalue weighted by Crippen LogP contribution is 2.27. The number of ether oxygens (including phenoxy) is 1. The molecule has 0 aliphatic rings. The Morgan fingerprint density at radius 1 is 1.67 bits per heavy atom. The lowest BCUT2D eigenvalue weighted by atomic mass is 10.2. The molecule has 1 rings (SSSR count). The topological polar surface area (TPSA) is 47.3 Å². The number of thioether (sulfide) groups is 1. The van der Waals surface area contributed by atoms with E-state index in [1.165, 1.54) is 0 Å². The second-order valence-electron chi connectivity index (χ2n) is 3.22. The summed E-state index contributed by atoms with van der Waals surface area (Å²) >= 11 is 1.82.